The third-order valence-corrected chi connectivity index (χ3v) is 3.50. The summed E-state index contributed by atoms with van der Waals surface area (Å²) >= 11 is 7.45. The fourth-order valence-electron chi connectivity index (χ4n) is 1.38. The Balaban J connectivity index is 2.08. The normalized spacial score (nSPS) is 10.4. The molecule has 0 fully saturated rings. The number of rotatable bonds is 3. The Kier molecular flexibility index (Phi) is 3.41. The average Bonchev–Trinajstić information content (AvgIpc) is 2.63. The van der Waals surface area contributed by atoms with Gasteiger partial charge in [0.15, 0.2) is 0 Å². The van der Waals surface area contributed by atoms with E-state index in [0.29, 0.717) is 5.15 Å². The third kappa shape index (κ3) is 2.51. The molecule has 0 spiro atoms. The third-order valence-electron chi connectivity index (χ3n) is 2.36. The van der Waals surface area contributed by atoms with E-state index in [1.807, 2.05) is 25.4 Å². The number of thiazole rings is 1. The maximum Gasteiger partial charge on any atom is 0.129 e. The first kappa shape index (κ1) is 11.4. The number of nitrogens with one attached hydrogen (secondary N) is 1. The van der Waals surface area contributed by atoms with Crippen LogP contribution in [-0.4, -0.2) is 9.97 Å². The lowest BCUT2D eigenvalue weighted by Crippen LogP contribution is -2.01. The van der Waals surface area contributed by atoms with Gasteiger partial charge in [0.25, 0.3) is 0 Å². The van der Waals surface area contributed by atoms with Crippen LogP contribution in [0.2, 0.25) is 5.15 Å². The van der Waals surface area contributed by atoms with Gasteiger partial charge < -0.3 is 5.32 Å². The van der Waals surface area contributed by atoms with E-state index in [-0.39, 0.29) is 0 Å². The summed E-state index contributed by atoms with van der Waals surface area (Å²) in [4.78, 5) is 9.51. The highest BCUT2D eigenvalue weighted by Crippen LogP contribution is 2.19. The van der Waals surface area contributed by atoms with Crippen LogP contribution in [0, 0.1) is 13.8 Å². The quantitative estimate of drug-likeness (QED) is 0.852. The fraction of sp³-hybridized carbons (Fsp3) is 0.273. The van der Waals surface area contributed by atoms with Crippen LogP contribution in [0.1, 0.15) is 16.1 Å². The number of hydrogen-bond acceptors (Lipinski definition) is 4. The maximum absolute atomic E-state index is 5.80. The Hall–Kier alpha value is -1.13. The summed E-state index contributed by atoms with van der Waals surface area (Å²) in [6, 6.07) is 1.85. The molecule has 5 heteroatoms. The van der Waals surface area contributed by atoms with Crippen LogP contribution < -0.4 is 5.32 Å². The van der Waals surface area contributed by atoms with Gasteiger partial charge in [-0.3, -0.25) is 0 Å². The first-order valence-electron chi connectivity index (χ1n) is 4.92. The molecule has 16 heavy (non-hydrogen) atoms. The average molecular weight is 254 g/mol. The van der Waals surface area contributed by atoms with Gasteiger partial charge in [0, 0.05) is 4.88 Å². The number of nitrogens with zero attached hydrogens (tertiary/aromatic N) is 2. The minimum Gasteiger partial charge on any atom is -0.379 e. The summed E-state index contributed by atoms with van der Waals surface area (Å²) < 4.78 is 0. The van der Waals surface area contributed by atoms with Gasteiger partial charge in [0.1, 0.15) is 5.15 Å². The first-order chi connectivity index (χ1) is 7.66. The highest BCUT2D eigenvalue weighted by Gasteiger charge is 2.03. The van der Waals surface area contributed by atoms with E-state index in [4.69, 9.17) is 11.6 Å². The SMILES string of the molecule is Cc1cc(Cl)ncc1NCc1scnc1C. The van der Waals surface area contributed by atoms with Crippen molar-refractivity contribution in [2.45, 2.75) is 20.4 Å². The van der Waals surface area contributed by atoms with Crippen LogP contribution in [0.5, 0.6) is 0 Å². The van der Waals surface area contributed by atoms with E-state index in [1.165, 1.54) is 4.88 Å². The molecule has 2 heterocycles. The molecule has 3 nitrogen and oxygen atoms in total. The molecule has 0 atom stereocenters. The summed E-state index contributed by atoms with van der Waals surface area (Å²) in [7, 11) is 0. The highest BCUT2D eigenvalue weighted by molar-refractivity contribution is 7.09. The molecule has 0 amide bonds. The predicted octanol–water partition coefficient (Wildman–Crippen LogP) is 3.42. The molecule has 0 aliphatic rings. The van der Waals surface area contributed by atoms with E-state index in [9.17, 15) is 0 Å². The van der Waals surface area contributed by atoms with Crippen LogP contribution in [0.4, 0.5) is 5.69 Å². The van der Waals surface area contributed by atoms with Crippen molar-refractivity contribution >= 4 is 28.6 Å². The minimum atomic E-state index is 0.525. The van der Waals surface area contributed by atoms with Gasteiger partial charge in [-0.2, -0.15) is 0 Å². The molecule has 2 aromatic rings. The second-order valence-electron chi connectivity index (χ2n) is 3.54. The number of halogens is 1. The van der Waals surface area contributed by atoms with Crippen LogP contribution >= 0.6 is 22.9 Å². The molecule has 84 valence electrons. The zero-order valence-corrected chi connectivity index (χ0v) is 10.7. The molecule has 0 aliphatic carbocycles. The lowest BCUT2D eigenvalue weighted by molar-refractivity contribution is 1.11. The van der Waals surface area contributed by atoms with Crippen molar-refractivity contribution in [1.82, 2.24) is 9.97 Å². The summed E-state index contributed by atoms with van der Waals surface area (Å²) in [5, 5.41) is 3.86. The van der Waals surface area contributed by atoms with Gasteiger partial charge in [0.2, 0.25) is 0 Å². The van der Waals surface area contributed by atoms with E-state index >= 15 is 0 Å². The van der Waals surface area contributed by atoms with E-state index in [0.717, 1.165) is 23.5 Å². The zero-order valence-electron chi connectivity index (χ0n) is 9.12. The van der Waals surface area contributed by atoms with Crippen molar-refractivity contribution in [3.05, 3.63) is 39.1 Å². The fourth-order valence-corrected chi connectivity index (χ4v) is 2.31. The second-order valence-corrected chi connectivity index (χ2v) is 4.86. The summed E-state index contributed by atoms with van der Waals surface area (Å²) in [5.74, 6) is 0. The number of pyridine rings is 1. The minimum absolute atomic E-state index is 0.525. The van der Waals surface area contributed by atoms with E-state index < -0.39 is 0 Å². The summed E-state index contributed by atoms with van der Waals surface area (Å²) in [6.45, 7) is 4.80. The van der Waals surface area contributed by atoms with Gasteiger partial charge in [-0.25, -0.2) is 9.97 Å². The van der Waals surface area contributed by atoms with Crippen molar-refractivity contribution in [2.75, 3.05) is 5.32 Å². The molecule has 0 aromatic carbocycles. The smallest absolute Gasteiger partial charge is 0.129 e. The molecule has 2 aromatic heterocycles. The van der Waals surface area contributed by atoms with Crippen molar-refractivity contribution in [1.29, 1.82) is 0 Å². The van der Waals surface area contributed by atoms with Crippen molar-refractivity contribution in [3.63, 3.8) is 0 Å². The van der Waals surface area contributed by atoms with Crippen LogP contribution in [0.15, 0.2) is 17.8 Å². The molecule has 0 bridgehead atoms. The lowest BCUT2D eigenvalue weighted by atomic mass is 10.2. The van der Waals surface area contributed by atoms with Gasteiger partial charge in [-0.1, -0.05) is 11.6 Å². The topological polar surface area (TPSA) is 37.8 Å². The first-order valence-corrected chi connectivity index (χ1v) is 6.17. The Labute approximate surface area is 104 Å². The molecule has 0 aliphatic heterocycles. The number of anilines is 1. The molecule has 1 N–H and O–H groups in total. The molecular formula is C11H12ClN3S. The Morgan fingerprint density at radius 1 is 1.38 bits per heavy atom. The van der Waals surface area contributed by atoms with Crippen molar-refractivity contribution in [2.24, 2.45) is 0 Å². The maximum atomic E-state index is 5.80. The van der Waals surface area contributed by atoms with Crippen molar-refractivity contribution in [3.8, 4) is 0 Å². The van der Waals surface area contributed by atoms with Crippen molar-refractivity contribution < 1.29 is 0 Å². The monoisotopic (exact) mass is 253 g/mol. The van der Waals surface area contributed by atoms with Crippen LogP contribution in [0.25, 0.3) is 0 Å². The van der Waals surface area contributed by atoms with Gasteiger partial charge in [0.05, 0.1) is 29.6 Å². The van der Waals surface area contributed by atoms with Gasteiger partial charge in [-0.05, 0) is 25.5 Å². The largest absolute Gasteiger partial charge is 0.379 e. The van der Waals surface area contributed by atoms with Crippen LogP contribution in [-0.2, 0) is 6.54 Å². The molecule has 0 saturated heterocycles. The Morgan fingerprint density at radius 3 is 2.81 bits per heavy atom. The molecule has 0 unspecified atom stereocenters. The summed E-state index contributed by atoms with van der Waals surface area (Å²) in [5.41, 5.74) is 5.05. The number of hydrogen-bond donors (Lipinski definition) is 1. The van der Waals surface area contributed by atoms with E-state index in [2.05, 4.69) is 15.3 Å². The van der Waals surface area contributed by atoms with Gasteiger partial charge in [-0.15, -0.1) is 11.3 Å². The zero-order chi connectivity index (χ0) is 11.5. The van der Waals surface area contributed by atoms with E-state index in [1.54, 1.807) is 17.5 Å². The Bertz CT molecular complexity index is 496. The molecular weight excluding hydrogens is 242 g/mol. The number of aromatic nitrogens is 2. The standard InChI is InChI=1S/C11H12ClN3S/c1-7-3-11(12)14-4-9(7)13-5-10-8(2)15-6-16-10/h3-4,6,13H,5H2,1-2H3. The van der Waals surface area contributed by atoms with Gasteiger partial charge >= 0.3 is 0 Å². The second kappa shape index (κ2) is 4.80. The molecule has 0 saturated carbocycles. The number of aryl methyl sites for hydroxylation is 2. The van der Waals surface area contributed by atoms with Crippen LogP contribution in [0.3, 0.4) is 0 Å². The predicted molar refractivity (Wildman–Crippen MR) is 68.2 cm³/mol. The lowest BCUT2D eigenvalue weighted by Gasteiger charge is -2.08. The highest BCUT2D eigenvalue weighted by atomic mass is 35.5. The molecule has 2 rings (SSSR count). The Morgan fingerprint density at radius 2 is 2.19 bits per heavy atom. The molecule has 0 radical (unpaired) electrons. The summed E-state index contributed by atoms with van der Waals surface area (Å²) in [6.07, 6.45) is 1.76.